The van der Waals surface area contributed by atoms with Crippen molar-refractivity contribution in [2.75, 3.05) is 5.32 Å². The van der Waals surface area contributed by atoms with Gasteiger partial charge in [-0.1, -0.05) is 24.3 Å². The van der Waals surface area contributed by atoms with Gasteiger partial charge < -0.3 is 10.4 Å². The van der Waals surface area contributed by atoms with Gasteiger partial charge in [-0.25, -0.2) is 4.98 Å². The van der Waals surface area contributed by atoms with Gasteiger partial charge in [-0.2, -0.15) is 0 Å². The van der Waals surface area contributed by atoms with Crippen LogP contribution in [0.3, 0.4) is 0 Å². The lowest BCUT2D eigenvalue weighted by molar-refractivity contribution is 0.469. The minimum absolute atomic E-state index is 0.325. The zero-order valence-corrected chi connectivity index (χ0v) is 10.2. The average molecular weight is 240 g/mol. The number of phenolic OH excluding ortho intramolecular Hbond substituents is 1. The number of pyridine rings is 1. The van der Waals surface area contributed by atoms with Crippen molar-refractivity contribution in [3.63, 3.8) is 0 Å². The molecule has 1 aromatic heterocycles. The van der Waals surface area contributed by atoms with Gasteiger partial charge in [0.15, 0.2) is 0 Å². The van der Waals surface area contributed by atoms with Crippen LogP contribution in [0.15, 0.2) is 36.4 Å². The zero-order chi connectivity index (χ0) is 12.4. The van der Waals surface area contributed by atoms with Gasteiger partial charge in [0, 0.05) is 17.8 Å². The molecular weight excluding hydrogens is 224 g/mol. The molecule has 0 saturated carbocycles. The standard InChI is InChI=1S/C15H16N2O/c18-14-7-2-1-4-12(14)10-16-15-9-8-11-5-3-6-13(11)17-15/h1-2,4,7-9,18H,3,5-6,10H2,(H,16,17). The van der Waals surface area contributed by atoms with Crippen LogP contribution in [0, 0.1) is 0 Å². The molecule has 1 aliphatic carbocycles. The molecule has 3 rings (SSSR count). The summed E-state index contributed by atoms with van der Waals surface area (Å²) in [5, 5.41) is 12.9. The number of phenols is 1. The minimum Gasteiger partial charge on any atom is -0.508 e. The van der Waals surface area contributed by atoms with Crippen molar-refractivity contribution in [3.05, 3.63) is 53.2 Å². The summed E-state index contributed by atoms with van der Waals surface area (Å²) in [6.07, 6.45) is 3.45. The van der Waals surface area contributed by atoms with Crippen molar-refractivity contribution in [1.82, 2.24) is 4.98 Å². The van der Waals surface area contributed by atoms with Crippen molar-refractivity contribution >= 4 is 5.82 Å². The number of rotatable bonds is 3. The van der Waals surface area contributed by atoms with E-state index in [-0.39, 0.29) is 0 Å². The van der Waals surface area contributed by atoms with E-state index in [2.05, 4.69) is 16.4 Å². The van der Waals surface area contributed by atoms with Crippen molar-refractivity contribution in [1.29, 1.82) is 0 Å². The van der Waals surface area contributed by atoms with Crippen LogP contribution in [0.1, 0.15) is 23.2 Å². The smallest absolute Gasteiger partial charge is 0.126 e. The third kappa shape index (κ3) is 2.16. The van der Waals surface area contributed by atoms with Crippen LogP contribution in [0.25, 0.3) is 0 Å². The van der Waals surface area contributed by atoms with E-state index in [1.165, 1.54) is 17.7 Å². The fourth-order valence-corrected chi connectivity index (χ4v) is 2.37. The number of fused-ring (bicyclic) bond motifs is 1. The number of hydrogen-bond donors (Lipinski definition) is 2. The van der Waals surface area contributed by atoms with Crippen molar-refractivity contribution in [2.24, 2.45) is 0 Å². The maximum Gasteiger partial charge on any atom is 0.126 e. The number of nitrogens with one attached hydrogen (secondary N) is 1. The second-order valence-electron chi connectivity index (χ2n) is 4.64. The van der Waals surface area contributed by atoms with Crippen molar-refractivity contribution < 1.29 is 5.11 Å². The van der Waals surface area contributed by atoms with E-state index >= 15 is 0 Å². The second-order valence-corrected chi connectivity index (χ2v) is 4.64. The van der Waals surface area contributed by atoms with Crippen molar-refractivity contribution in [2.45, 2.75) is 25.8 Å². The van der Waals surface area contributed by atoms with E-state index in [4.69, 9.17) is 0 Å². The van der Waals surface area contributed by atoms with Gasteiger partial charge in [0.05, 0.1) is 0 Å². The lowest BCUT2D eigenvalue weighted by atomic mass is 10.2. The Morgan fingerprint density at radius 2 is 2.00 bits per heavy atom. The molecule has 2 aromatic rings. The van der Waals surface area contributed by atoms with E-state index < -0.39 is 0 Å². The average Bonchev–Trinajstić information content (AvgIpc) is 2.85. The first-order valence-electron chi connectivity index (χ1n) is 6.32. The maximum absolute atomic E-state index is 9.68. The van der Waals surface area contributed by atoms with E-state index in [0.29, 0.717) is 12.3 Å². The van der Waals surface area contributed by atoms with E-state index in [1.54, 1.807) is 6.07 Å². The van der Waals surface area contributed by atoms with Crippen LogP contribution in [-0.4, -0.2) is 10.1 Å². The molecular formula is C15H16N2O. The zero-order valence-electron chi connectivity index (χ0n) is 10.2. The second kappa shape index (κ2) is 4.69. The Bertz CT molecular complexity index is 566. The van der Waals surface area contributed by atoms with Gasteiger partial charge >= 0.3 is 0 Å². The Kier molecular flexibility index (Phi) is 2.89. The van der Waals surface area contributed by atoms with Crippen molar-refractivity contribution in [3.8, 4) is 5.75 Å². The fraction of sp³-hybridized carbons (Fsp3) is 0.267. The molecule has 18 heavy (non-hydrogen) atoms. The molecule has 0 fully saturated rings. The van der Waals surface area contributed by atoms with Gasteiger partial charge in [-0.05, 0) is 37.0 Å². The van der Waals surface area contributed by atoms with Gasteiger partial charge in [-0.3, -0.25) is 0 Å². The molecule has 0 saturated heterocycles. The quantitative estimate of drug-likeness (QED) is 0.867. The molecule has 0 atom stereocenters. The van der Waals surface area contributed by atoms with Crippen LogP contribution in [0.5, 0.6) is 5.75 Å². The summed E-state index contributed by atoms with van der Waals surface area (Å²) in [7, 11) is 0. The molecule has 2 N–H and O–H groups in total. The molecule has 0 radical (unpaired) electrons. The lowest BCUT2D eigenvalue weighted by Crippen LogP contribution is -2.03. The minimum atomic E-state index is 0.325. The monoisotopic (exact) mass is 240 g/mol. The van der Waals surface area contributed by atoms with Gasteiger partial charge in [0.1, 0.15) is 11.6 Å². The molecule has 1 heterocycles. The fourth-order valence-electron chi connectivity index (χ4n) is 2.37. The Labute approximate surface area is 107 Å². The molecule has 0 bridgehead atoms. The number of hydrogen-bond acceptors (Lipinski definition) is 3. The van der Waals surface area contributed by atoms with Gasteiger partial charge in [-0.15, -0.1) is 0 Å². The first-order chi connectivity index (χ1) is 8.83. The highest BCUT2D eigenvalue weighted by Gasteiger charge is 2.12. The summed E-state index contributed by atoms with van der Waals surface area (Å²) in [6, 6.07) is 11.5. The topological polar surface area (TPSA) is 45.1 Å². The molecule has 92 valence electrons. The summed E-state index contributed by atoms with van der Waals surface area (Å²) in [6.45, 7) is 0.596. The van der Waals surface area contributed by atoms with E-state index in [9.17, 15) is 5.11 Å². The molecule has 3 heteroatoms. The molecule has 1 aromatic carbocycles. The number of aromatic hydroxyl groups is 1. The third-order valence-electron chi connectivity index (χ3n) is 3.38. The molecule has 0 spiro atoms. The highest BCUT2D eigenvalue weighted by molar-refractivity contribution is 5.42. The van der Waals surface area contributed by atoms with Gasteiger partial charge in [0.2, 0.25) is 0 Å². The number of benzene rings is 1. The number of aryl methyl sites for hydroxylation is 2. The predicted octanol–water partition coefficient (Wildman–Crippen LogP) is 2.89. The largest absolute Gasteiger partial charge is 0.508 e. The molecule has 3 nitrogen and oxygen atoms in total. The molecule has 0 aliphatic heterocycles. The first-order valence-corrected chi connectivity index (χ1v) is 6.32. The highest BCUT2D eigenvalue weighted by Crippen LogP contribution is 2.22. The summed E-state index contributed by atoms with van der Waals surface area (Å²) in [4.78, 5) is 4.61. The first kappa shape index (κ1) is 11.1. The molecule has 0 unspecified atom stereocenters. The number of anilines is 1. The Hall–Kier alpha value is -2.03. The van der Waals surface area contributed by atoms with E-state index in [0.717, 1.165) is 24.2 Å². The van der Waals surface area contributed by atoms with Crippen LogP contribution in [0.2, 0.25) is 0 Å². The summed E-state index contributed by atoms with van der Waals surface area (Å²) in [5.74, 6) is 1.21. The third-order valence-corrected chi connectivity index (χ3v) is 3.38. The van der Waals surface area contributed by atoms with Gasteiger partial charge in [0.25, 0.3) is 0 Å². The SMILES string of the molecule is Oc1ccccc1CNc1ccc2c(n1)CCC2. The number of para-hydroxylation sites is 1. The van der Waals surface area contributed by atoms with Crippen LogP contribution in [-0.2, 0) is 19.4 Å². The molecule has 1 aliphatic rings. The summed E-state index contributed by atoms with van der Waals surface area (Å²) in [5.41, 5.74) is 3.49. The Balaban J connectivity index is 1.72. The van der Waals surface area contributed by atoms with Crippen LogP contribution in [0.4, 0.5) is 5.82 Å². The van der Waals surface area contributed by atoms with Crippen LogP contribution >= 0.6 is 0 Å². The Morgan fingerprint density at radius 3 is 2.89 bits per heavy atom. The summed E-state index contributed by atoms with van der Waals surface area (Å²) >= 11 is 0. The van der Waals surface area contributed by atoms with E-state index in [1.807, 2.05) is 24.3 Å². The molecule has 0 amide bonds. The maximum atomic E-state index is 9.68. The lowest BCUT2D eigenvalue weighted by Gasteiger charge is -2.08. The van der Waals surface area contributed by atoms with Crippen LogP contribution < -0.4 is 5.32 Å². The summed E-state index contributed by atoms with van der Waals surface area (Å²) < 4.78 is 0. The normalized spacial score (nSPS) is 13.3. The Morgan fingerprint density at radius 1 is 1.11 bits per heavy atom. The number of nitrogens with zero attached hydrogens (tertiary/aromatic N) is 1. The highest BCUT2D eigenvalue weighted by atomic mass is 16.3. The number of aromatic nitrogens is 1. The predicted molar refractivity (Wildman–Crippen MR) is 71.7 cm³/mol.